The minimum atomic E-state index is -0.434. The lowest BCUT2D eigenvalue weighted by molar-refractivity contribution is 0.0583. The molecule has 2 N–H and O–H groups in total. The number of aromatic nitrogens is 2. The molecule has 1 rings (SSSR count). The summed E-state index contributed by atoms with van der Waals surface area (Å²) < 4.78 is 6.22. The summed E-state index contributed by atoms with van der Waals surface area (Å²) in [4.78, 5) is 15.3. The molecule has 82 valence electrons. The van der Waals surface area contributed by atoms with Gasteiger partial charge < -0.3 is 15.0 Å². The van der Waals surface area contributed by atoms with Crippen molar-refractivity contribution in [3.63, 3.8) is 0 Å². The van der Waals surface area contributed by atoms with Gasteiger partial charge in [0, 0.05) is 13.2 Å². The third kappa shape index (κ3) is 2.92. The van der Waals surface area contributed by atoms with Crippen molar-refractivity contribution in [1.29, 1.82) is 0 Å². The van der Waals surface area contributed by atoms with E-state index in [1.807, 2.05) is 12.2 Å². The first-order valence-corrected chi connectivity index (χ1v) is 4.67. The quantitative estimate of drug-likeness (QED) is 0.736. The summed E-state index contributed by atoms with van der Waals surface area (Å²) in [6.45, 7) is 0.604. The largest absolute Gasteiger partial charge is 0.463 e. The second-order valence-electron chi connectivity index (χ2n) is 3.07. The van der Waals surface area contributed by atoms with Gasteiger partial charge in [-0.25, -0.2) is 9.78 Å². The maximum atomic E-state index is 11.2. The molecule has 0 aromatic carbocycles. The number of ether oxygens (including phenoxy) is 1. The first-order chi connectivity index (χ1) is 7.19. The summed E-state index contributed by atoms with van der Waals surface area (Å²) in [5, 5.41) is 0. The molecule has 0 fully saturated rings. The van der Waals surface area contributed by atoms with E-state index < -0.39 is 5.97 Å². The van der Waals surface area contributed by atoms with Crippen LogP contribution >= 0.6 is 0 Å². The summed E-state index contributed by atoms with van der Waals surface area (Å²) in [6, 6.07) is 0. The van der Waals surface area contributed by atoms with Gasteiger partial charge in [-0.1, -0.05) is 6.08 Å². The van der Waals surface area contributed by atoms with Crippen LogP contribution in [0.4, 0.5) is 0 Å². The molecule has 0 aliphatic heterocycles. The summed E-state index contributed by atoms with van der Waals surface area (Å²) >= 11 is 0. The molecule has 5 heteroatoms. The first-order valence-electron chi connectivity index (χ1n) is 4.67. The van der Waals surface area contributed by atoms with Crippen LogP contribution in [0.1, 0.15) is 22.7 Å². The van der Waals surface area contributed by atoms with Crippen LogP contribution in [-0.2, 0) is 11.8 Å². The molecule has 0 aliphatic rings. The highest BCUT2D eigenvalue weighted by Crippen LogP contribution is 2.05. The van der Waals surface area contributed by atoms with E-state index in [0.717, 1.165) is 12.1 Å². The maximum Gasteiger partial charge on any atom is 0.374 e. The van der Waals surface area contributed by atoms with Crippen LogP contribution in [0.2, 0.25) is 0 Å². The van der Waals surface area contributed by atoms with E-state index in [2.05, 4.69) is 9.72 Å². The van der Waals surface area contributed by atoms with E-state index in [4.69, 9.17) is 5.73 Å². The van der Waals surface area contributed by atoms with Crippen molar-refractivity contribution >= 4 is 12.0 Å². The second-order valence-corrected chi connectivity index (χ2v) is 3.07. The third-order valence-corrected chi connectivity index (χ3v) is 1.88. The van der Waals surface area contributed by atoms with Crippen molar-refractivity contribution < 1.29 is 9.53 Å². The highest BCUT2D eigenvalue weighted by atomic mass is 16.5. The molecule has 0 bridgehead atoms. The van der Waals surface area contributed by atoms with Gasteiger partial charge in [0.1, 0.15) is 0 Å². The third-order valence-electron chi connectivity index (χ3n) is 1.88. The van der Waals surface area contributed by atoms with Crippen molar-refractivity contribution in [3.05, 3.63) is 23.8 Å². The van der Waals surface area contributed by atoms with Crippen molar-refractivity contribution in [1.82, 2.24) is 9.55 Å². The number of rotatable bonds is 4. The summed E-state index contributed by atoms with van der Waals surface area (Å²) in [6.07, 6.45) is 6.31. The van der Waals surface area contributed by atoms with Gasteiger partial charge in [0.2, 0.25) is 5.82 Å². The van der Waals surface area contributed by atoms with Gasteiger partial charge >= 0.3 is 5.97 Å². The zero-order valence-electron chi connectivity index (χ0n) is 8.93. The minimum Gasteiger partial charge on any atom is -0.463 e. The van der Waals surface area contributed by atoms with Crippen LogP contribution in [-0.4, -0.2) is 29.2 Å². The smallest absolute Gasteiger partial charge is 0.374 e. The number of imidazole rings is 1. The predicted molar refractivity (Wildman–Crippen MR) is 57.3 cm³/mol. The van der Waals surface area contributed by atoms with E-state index in [1.165, 1.54) is 7.11 Å². The molecule has 1 aromatic rings. The molecule has 0 saturated heterocycles. The van der Waals surface area contributed by atoms with Gasteiger partial charge in [0.25, 0.3) is 0 Å². The topological polar surface area (TPSA) is 70.1 Å². The van der Waals surface area contributed by atoms with Gasteiger partial charge in [-0.05, 0) is 19.0 Å². The van der Waals surface area contributed by atoms with Gasteiger partial charge in [-0.2, -0.15) is 0 Å². The average Bonchev–Trinajstić information content (AvgIpc) is 2.59. The lowest BCUT2D eigenvalue weighted by Crippen LogP contribution is -2.08. The van der Waals surface area contributed by atoms with Gasteiger partial charge in [0.15, 0.2) is 0 Å². The molecular formula is C10H15N3O2. The van der Waals surface area contributed by atoms with Crippen molar-refractivity contribution in [3.8, 4) is 0 Å². The SMILES string of the molecule is COC(=O)c1nc(C=CCCN)cn1C. The Bertz CT molecular complexity index is 369. The normalized spacial score (nSPS) is 10.9. The fourth-order valence-corrected chi connectivity index (χ4v) is 1.15. The molecule has 5 nitrogen and oxygen atoms in total. The number of carbonyl (C=O) groups is 1. The summed E-state index contributed by atoms with van der Waals surface area (Å²) in [5.41, 5.74) is 6.07. The molecule has 1 aromatic heterocycles. The molecule has 0 radical (unpaired) electrons. The zero-order valence-corrected chi connectivity index (χ0v) is 8.93. The van der Waals surface area contributed by atoms with Crippen LogP contribution in [0, 0.1) is 0 Å². The van der Waals surface area contributed by atoms with Crippen LogP contribution in [0.5, 0.6) is 0 Å². The molecule has 1 heterocycles. The Labute approximate surface area is 88.6 Å². The van der Waals surface area contributed by atoms with Gasteiger partial charge in [-0.3, -0.25) is 0 Å². The summed E-state index contributed by atoms with van der Waals surface area (Å²) in [5.74, 6) is -0.138. The van der Waals surface area contributed by atoms with E-state index >= 15 is 0 Å². The average molecular weight is 209 g/mol. The number of hydrogen-bond donors (Lipinski definition) is 1. The van der Waals surface area contributed by atoms with Crippen LogP contribution in [0.15, 0.2) is 12.3 Å². The number of methoxy groups -OCH3 is 1. The molecule has 0 saturated carbocycles. The molecule has 0 unspecified atom stereocenters. The predicted octanol–water partition coefficient (Wildman–Crippen LogP) is 0.569. The van der Waals surface area contributed by atoms with Crippen LogP contribution in [0.3, 0.4) is 0 Å². The fraction of sp³-hybridized carbons (Fsp3) is 0.400. The van der Waals surface area contributed by atoms with Crippen molar-refractivity contribution in [2.24, 2.45) is 12.8 Å². The maximum absolute atomic E-state index is 11.2. The van der Waals surface area contributed by atoms with Crippen molar-refractivity contribution in [2.75, 3.05) is 13.7 Å². The van der Waals surface area contributed by atoms with E-state index in [0.29, 0.717) is 12.4 Å². The number of nitrogens with zero attached hydrogens (tertiary/aromatic N) is 2. The van der Waals surface area contributed by atoms with Gasteiger partial charge in [-0.15, -0.1) is 0 Å². The highest BCUT2D eigenvalue weighted by molar-refractivity contribution is 5.85. The number of aryl methyl sites for hydroxylation is 1. The Kier molecular flexibility index (Phi) is 4.05. The van der Waals surface area contributed by atoms with Crippen LogP contribution in [0.25, 0.3) is 6.08 Å². The molecular weight excluding hydrogens is 194 g/mol. The monoisotopic (exact) mass is 209 g/mol. The number of esters is 1. The Hall–Kier alpha value is -1.62. The highest BCUT2D eigenvalue weighted by Gasteiger charge is 2.12. The molecule has 0 aliphatic carbocycles. The van der Waals surface area contributed by atoms with E-state index in [9.17, 15) is 4.79 Å². The Balaban J connectivity index is 2.81. The Morgan fingerprint density at radius 3 is 3.07 bits per heavy atom. The first kappa shape index (κ1) is 11.5. The standard InChI is InChI=1S/C10H15N3O2/c1-13-7-8(5-3-4-6-11)12-9(13)10(14)15-2/h3,5,7H,4,6,11H2,1-2H3. The number of nitrogens with two attached hydrogens (primary N) is 1. The minimum absolute atomic E-state index is 0.296. The molecule has 0 atom stereocenters. The molecule has 0 spiro atoms. The zero-order chi connectivity index (χ0) is 11.3. The van der Waals surface area contributed by atoms with E-state index in [-0.39, 0.29) is 0 Å². The lowest BCUT2D eigenvalue weighted by atomic mass is 10.3. The van der Waals surface area contributed by atoms with Crippen LogP contribution < -0.4 is 5.73 Å². The second kappa shape index (κ2) is 5.31. The van der Waals surface area contributed by atoms with E-state index in [1.54, 1.807) is 17.8 Å². The molecule has 15 heavy (non-hydrogen) atoms. The Morgan fingerprint density at radius 2 is 2.47 bits per heavy atom. The fourth-order valence-electron chi connectivity index (χ4n) is 1.15. The number of hydrogen-bond acceptors (Lipinski definition) is 4. The summed E-state index contributed by atoms with van der Waals surface area (Å²) in [7, 11) is 3.08. The lowest BCUT2D eigenvalue weighted by Gasteiger charge is -1.96. The van der Waals surface area contributed by atoms with Crippen molar-refractivity contribution in [2.45, 2.75) is 6.42 Å². The molecule has 0 amide bonds. The number of carbonyl (C=O) groups excluding carboxylic acids is 1. The van der Waals surface area contributed by atoms with Gasteiger partial charge in [0.05, 0.1) is 12.8 Å². The Morgan fingerprint density at radius 1 is 1.73 bits per heavy atom.